The second-order valence-corrected chi connectivity index (χ2v) is 7.93. The van der Waals surface area contributed by atoms with Crippen molar-refractivity contribution >= 4 is 11.7 Å². The van der Waals surface area contributed by atoms with Crippen molar-refractivity contribution < 1.29 is 4.79 Å². The Kier molecular flexibility index (Phi) is 6.38. The summed E-state index contributed by atoms with van der Waals surface area (Å²) in [6.07, 6.45) is 5.92. The molecule has 0 bridgehead atoms. The topological polar surface area (TPSA) is 58.1 Å². The molecular formula is C25H28N4O. The van der Waals surface area contributed by atoms with Crippen LogP contribution in [0.5, 0.6) is 0 Å². The first-order valence-corrected chi connectivity index (χ1v) is 10.7. The van der Waals surface area contributed by atoms with Crippen LogP contribution < -0.4 is 10.2 Å². The van der Waals surface area contributed by atoms with Gasteiger partial charge in [0.15, 0.2) is 0 Å². The molecule has 1 atom stereocenters. The Morgan fingerprint density at radius 1 is 1.03 bits per heavy atom. The SMILES string of the molecule is CC(CCc1ccccc1)NC(=O)c1ccc(-c2cc(N3CCCC3)ncn2)cc1. The number of amides is 1. The molecule has 1 aliphatic rings. The molecule has 3 aromatic rings. The number of rotatable bonds is 7. The molecule has 1 saturated heterocycles. The molecule has 2 heterocycles. The van der Waals surface area contributed by atoms with Crippen molar-refractivity contribution in [2.24, 2.45) is 0 Å². The van der Waals surface area contributed by atoms with E-state index in [9.17, 15) is 4.79 Å². The number of hydrogen-bond acceptors (Lipinski definition) is 4. The Hall–Kier alpha value is -3.21. The zero-order chi connectivity index (χ0) is 20.8. The maximum atomic E-state index is 12.6. The lowest BCUT2D eigenvalue weighted by Gasteiger charge is -2.16. The lowest BCUT2D eigenvalue weighted by atomic mass is 10.1. The molecule has 2 aromatic carbocycles. The first-order chi connectivity index (χ1) is 14.7. The van der Waals surface area contributed by atoms with Gasteiger partial charge in [-0.2, -0.15) is 0 Å². The third kappa shape index (κ3) is 5.03. The van der Waals surface area contributed by atoms with Gasteiger partial charge in [-0.25, -0.2) is 9.97 Å². The van der Waals surface area contributed by atoms with Gasteiger partial charge in [0.1, 0.15) is 12.1 Å². The standard InChI is InChI=1S/C25H28N4O/c1-19(9-10-20-7-3-2-4-8-20)28-25(30)22-13-11-21(12-14-22)23-17-24(27-18-26-23)29-15-5-6-16-29/h2-4,7-8,11-14,17-19H,5-6,9-10,15-16H2,1H3,(H,28,30). The molecule has 1 aromatic heterocycles. The van der Waals surface area contributed by atoms with E-state index in [2.05, 4.69) is 39.2 Å². The van der Waals surface area contributed by atoms with Crippen LogP contribution in [0.3, 0.4) is 0 Å². The minimum absolute atomic E-state index is 0.0393. The Morgan fingerprint density at radius 2 is 1.77 bits per heavy atom. The van der Waals surface area contributed by atoms with Crippen LogP contribution in [0.4, 0.5) is 5.82 Å². The van der Waals surface area contributed by atoms with E-state index >= 15 is 0 Å². The summed E-state index contributed by atoms with van der Waals surface area (Å²) in [6.45, 7) is 4.16. The van der Waals surface area contributed by atoms with Gasteiger partial charge in [-0.15, -0.1) is 0 Å². The molecule has 5 heteroatoms. The molecule has 1 unspecified atom stereocenters. The monoisotopic (exact) mass is 400 g/mol. The van der Waals surface area contributed by atoms with Gasteiger partial charge in [0.2, 0.25) is 0 Å². The van der Waals surface area contributed by atoms with Crippen molar-refractivity contribution in [3.05, 3.63) is 78.1 Å². The summed E-state index contributed by atoms with van der Waals surface area (Å²) in [5.74, 6) is 0.939. The normalized spacial score (nSPS) is 14.5. The van der Waals surface area contributed by atoms with Crippen LogP contribution in [-0.4, -0.2) is 35.0 Å². The minimum Gasteiger partial charge on any atom is -0.357 e. The third-order valence-corrected chi connectivity index (χ3v) is 5.61. The highest BCUT2D eigenvalue weighted by Crippen LogP contribution is 2.23. The van der Waals surface area contributed by atoms with Gasteiger partial charge in [-0.1, -0.05) is 42.5 Å². The maximum absolute atomic E-state index is 12.6. The molecule has 1 N–H and O–H groups in total. The predicted octanol–water partition coefficient (Wildman–Crippen LogP) is 4.49. The number of aromatic nitrogens is 2. The second kappa shape index (κ2) is 9.53. The summed E-state index contributed by atoms with van der Waals surface area (Å²) in [5.41, 5.74) is 3.84. The Labute approximate surface area is 178 Å². The molecule has 1 fully saturated rings. The fourth-order valence-corrected chi connectivity index (χ4v) is 3.82. The van der Waals surface area contributed by atoms with Gasteiger partial charge in [0.05, 0.1) is 5.69 Å². The quantitative estimate of drug-likeness (QED) is 0.635. The number of nitrogens with zero attached hydrogens (tertiary/aromatic N) is 3. The summed E-state index contributed by atoms with van der Waals surface area (Å²) >= 11 is 0. The second-order valence-electron chi connectivity index (χ2n) is 7.93. The van der Waals surface area contributed by atoms with E-state index in [-0.39, 0.29) is 11.9 Å². The van der Waals surface area contributed by atoms with E-state index in [0.717, 1.165) is 43.0 Å². The van der Waals surface area contributed by atoms with Crippen molar-refractivity contribution in [1.29, 1.82) is 0 Å². The predicted molar refractivity (Wildman–Crippen MR) is 121 cm³/mol. The number of aryl methyl sites for hydroxylation is 1. The van der Waals surface area contributed by atoms with E-state index in [4.69, 9.17) is 0 Å². The minimum atomic E-state index is -0.0393. The maximum Gasteiger partial charge on any atom is 0.251 e. The zero-order valence-corrected chi connectivity index (χ0v) is 17.4. The molecule has 1 aliphatic heterocycles. The van der Waals surface area contributed by atoms with Crippen molar-refractivity contribution in [1.82, 2.24) is 15.3 Å². The number of carbonyl (C=O) groups is 1. The molecule has 0 saturated carbocycles. The van der Waals surface area contributed by atoms with Crippen LogP contribution in [0.1, 0.15) is 42.1 Å². The lowest BCUT2D eigenvalue weighted by Crippen LogP contribution is -2.32. The van der Waals surface area contributed by atoms with E-state index in [1.54, 1.807) is 6.33 Å². The lowest BCUT2D eigenvalue weighted by molar-refractivity contribution is 0.0938. The fraction of sp³-hybridized carbons (Fsp3) is 0.320. The van der Waals surface area contributed by atoms with Gasteiger partial charge < -0.3 is 10.2 Å². The third-order valence-electron chi connectivity index (χ3n) is 5.61. The average molecular weight is 401 g/mol. The molecule has 1 amide bonds. The van der Waals surface area contributed by atoms with E-state index in [1.165, 1.54) is 18.4 Å². The molecular weight excluding hydrogens is 372 g/mol. The van der Waals surface area contributed by atoms with Gasteiger partial charge in [0, 0.05) is 36.3 Å². The molecule has 0 aliphatic carbocycles. The molecule has 154 valence electrons. The first-order valence-electron chi connectivity index (χ1n) is 10.7. The number of carbonyl (C=O) groups excluding carboxylic acids is 1. The van der Waals surface area contributed by atoms with Crippen molar-refractivity contribution in [2.45, 2.75) is 38.6 Å². The highest BCUT2D eigenvalue weighted by molar-refractivity contribution is 5.94. The Morgan fingerprint density at radius 3 is 2.50 bits per heavy atom. The average Bonchev–Trinajstić information content (AvgIpc) is 3.34. The first kappa shape index (κ1) is 20.1. The van der Waals surface area contributed by atoms with E-state index < -0.39 is 0 Å². The highest BCUT2D eigenvalue weighted by atomic mass is 16.1. The van der Waals surface area contributed by atoms with Gasteiger partial charge in [0.25, 0.3) is 5.91 Å². The molecule has 5 nitrogen and oxygen atoms in total. The smallest absolute Gasteiger partial charge is 0.251 e. The number of nitrogens with one attached hydrogen (secondary N) is 1. The van der Waals surface area contributed by atoms with Gasteiger partial charge in [-0.3, -0.25) is 4.79 Å². The summed E-state index contributed by atoms with van der Waals surface area (Å²) in [6, 6.07) is 20.2. The van der Waals surface area contributed by atoms with Crippen LogP contribution in [0.25, 0.3) is 11.3 Å². The number of benzene rings is 2. The van der Waals surface area contributed by atoms with Crippen LogP contribution in [0.2, 0.25) is 0 Å². The summed E-state index contributed by atoms with van der Waals surface area (Å²) in [7, 11) is 0. The van der Waals surface area contributed by atoms with Crippen LogP contribution in [0.15, 0.2) is 67.0 Å². The molecule has 0 radical (unpaired) electrons. The van der Waals surface area contributed by atoms with E-state index in [1.807, 2.05) is 48.5 Å². The molecule has 30 heavy (non-hydrogen) atoms. The van der Waals surface area contributed by atoms with Crippen molar-refractivity contribution in [3.8, 4) is 11.3 Å². The van der Waals surface area contributed by atoms with Gasteiger partial charge >= 0.3 is 0 Å². The van der Waals surface area contributed by atoms with Crippen LogP contribution >= 0.6 is 0 Å². The highest BCUT2D eigenvalue weighted by Gasteiger charge is 2.15. The summed E-state index contributed by atoms with van der Waals surface area (Å²) in [4.78, 5) is 23.7. The zero-order valence-electron chi connectivity index (χ0n) is 17.4. The van der Waals surface area contributed by atoms with Crippen LogP contribution in [0, 0.1) is 0 Å². The van der Waals surface area contributed by atoms with Crippen LogP contribution in [-0.2, 0) is 6.42 Å². The molecule has 0 spiro atoms. The largest absolute Gasteiger partial charge is 0.357 e. The summed E-state index contributed by atoms with van der Waals surface area (Å²) < 4.78 is 0. The Balaban J connectivity index is 1.36. The van der Waals surface area contributed by atoms with E-state index in [0.29, 0.717) is 5.56 Å². The summed E-state index contributed by atoms with van der Waals surface area (Å²) in [5, 5.41) is 3.10. The molecule has 4 rings (SSSR count). The number of hydrogen-bond donors (Lipinski definition) is 1. The Bertz CT molecular complexity index is 966. The van der Waals surface area contributed by atoms with Crippen molar-refractivity contribution in [3.63, 3.8) is 0 Å². The van der Waals surface area contributed by atoms with Crippen molar-refractivity contribution in [2.75, 3.05) is 18.0 Å². The number of anilines is 1. The van der Waals surface area contributed by atoms with Gasteiger partial charge in [-0.05, 0) is 50.3 Å². The fourth-order valence-electron chi connectivity index (χ4n) is 3.82.